The minimum absolute atomic E-state index is 0.124. The lowest BCUT2D eigenvalue weighted by Gasteiger charge is -2.38. The molecule has 2 rings (SSSR count). The predicted octanol–water partition coefficient (Wildman–Crippen LogP) is 4.86. The van der Waals surface area contributed by atoms with Gasteiger partial charge in [-0.3, -0.25) is 0 Å². The monoisotopic (exact) mass is 305 g/mol. The van der Waals surface area contributed by atoms with Crippen molar-refractivity contribution in [2.75, 3.05) is 13.2 Å². The number of hydrogen-bond acceptors (Lipinski definition) is 3. The van der Waals surface area contributed by atoms with Crippen LogP contribution in [0.4, 0.5) is 0 Å². The number of nitrogens with one attached hydrogen (secondary N) is 1. The normalized spacial score (nSPS) is 19.4. The van der Waals surface area contributed by atoms with Gasteiger partial charge in [-0.1, -0.05) is 26.2 Å². The van der Waals surface area contributed by atoms with E-state index in [2.05, 4.69) is 32.2 Å². The second-order valence-corrected chi connectivity index (χ2v) is 6.77. The largest absolute Gasteiger partial charge is 0.494 e. The average molecular weight is 305 g/mol. The van der Waals surface area contributed by atoms with Gasteiger partial charge in [0.1, 0.15) is 17.1 Å². The van der Waals surface area contributed by atoms with E-state index in [1.54, 1.807) is 0 Å². The number of unbranched alkanes of at least 4 members (excludes halogenated alkanes) is 3. The highest BCUT2D eigenvalue weighted by Gasteiger charge is 2.33. The Bertz CT molecular complexity index is 471. The Hall–Kier alpha value is -1.22. The van der Waals surface area contributed by atoms with Crippen LogP contribution in [-0.4, -0.2) is 18.8 Å². The minimum Gasteiger partial charge on any atom is -0.494 e. The Morgan fingerprint density at radius 1 is 1.23 bits per heavy atom. The summed E-state index contributed by atoms with van der Waals surface area (Å²) < 4.78 is 11.8. The van der Waals surface area contributed by atoms with Crippen LogP contribution in [0.3, 0.4) is 0 Å². The number of fused-ring (bicyclic) bond motifs is 1. The van der Waals surface area contributed by atoms with Crippen molar-refractivity contribution < 1.29 is 9.47 Å². The van der Waals surface area contributed by atoms with Crippen LogP contribution < -0.4 is 14.8 Å². The third-order valence-electron chi connectivity index (χ3n) is 4.17. The van der Waals surface area contributed by atoms with Crippen molar-refractivity contribution >= 4 is 0 Å². The van der Waals surface area contributed by atoms with E-state index >= 15 is 0 Å². The van der Waals surface area contributed by atoms with Crippen LogP contribution >= 0.6 is 0 Å². The Balaban J connectivity index is 2.07. The fraction of sp³-hybridized carbons (Fsp3) is 0.684. The molecule has 1 N–H and O–H groups in total. The lowest BCUT2D eigenvalue weighted by Crippen LogP contribution is -2.39. The van der Waals surface area contributed by atoms with Crippen LogP contribution in [0.5, 0.6) is 11.5 Å². The van der Waals surface area contributed by atoms with Crippen LogP contribution in [0, 0.1) is 0 Å². The summed E-state index contributed by atoms with van der Waals surface area (Å²) in [5.41, 5.74) is 1.11. The molecule has 0 saturated carbocycles. The molecule has 22 heavy (non-hydrogen) atoms. The summed E-state index contributed by atoms with van der Waals surface area (Å²) >= 11 is 0. The molecule has 1 heterocycles. The summed E-state index contributed by atoms with van der Waals surface area (Å²) in [5, 5.41) is 3.73. The molecule has 0 fully saturated rings. The molecule has 0 radical (unpaired) electrons. The highest BCUT2D eigenvalue weighted by Crippen LogP contribution is 2.41. The molecule has 0 bridgehead atoms. The first-order valence-corrected chi connectivity index (χ1v) is 8.75. The van der Waals surface area contributed by atoms with Crippen LogP contribution in [0.1, 0.15) is 71.4 Å². The van der Waals surface area contributed by atoms with E-state index in [1.165, 1.54) is 31.2 Å². The Morgan fingerprint density at radius 3 is 2.77 bits per heavy atom. The van der Waals surface area contributed by atoms with Crippen molar-refractivity contribution in [3.63, 3.8) is 0 Å². The number of hydrogen-bond donors (Lipinski definition) is 1. The topological polar surface area (TPSA) is 30.5 Å². The summed E-state index contributed by atoms with van der Waals surface area (Å²) in [6.45, 7) is 10.4. The van der Waals surface area contributed by atoms with Gasteiger partial charge in [-0.2, -0.15) is 0 Å². The highest BCUT2D eigenvalue weighted by atomic mass is 16.5. The zero-order chi connectivity index (χ0) is 16.0. The molecular weight excluding hydrogens is 274 g/mol. The SMILES string of the molecule is CCCCCCNC1CC(C)(C)Oc2ccc(OCC)cc21. The molecule has 0 spiro atoms. The van der Waals surface area contributed by atoms with Gasteiger partial charge in [0.2, 0.25) is 0 Å². The van der Waals surface area contributed by atoms with Gasteiger partial charge in [0, 0.05) is 18.0 Å². The summed E-state index contributed by atoms with van der Waals surface area (Å²) in [6, 6.07) is 6.54. The zero-order valence-electron chi connectivity index (χ0n) is 14.6. The maximum absolute atomic E-state index is 6.13. The Labute approximate surface area is 135 Å². The van der Waals surface area contributed by atoms with Gasteiger partial charge in [0.15, 0.2) is 0 Å². The van der Waals surface area contributed by atoms with Gasteiger partial charge in [-0.15, -0.1) is 0 Å². The number of rotatable bonds is 8. The maximum Gasteiger partial charge on any atom is 0.125 e. The van der Waals surface area contributed by atoms with Gasteiger partial charge in [0.05, 0.1) is 6.61 Å². The van der Waals surface area contributed by atoms with Gasteiger partial charge >= 0.3 is 0 Å². The van der Waals surface area contributed by atoms with Crippen molar-refractivity contribution in [1.82, 2.24) is 5.32 Å². The second kappa shape index (κ2) is 7.87. The summed E-state index contributed by atoms with van der Waals surface area (Å²) in [6.07, 6.45) is 6.15. The molecule has 1 aliphatic heterocycles. The molecule has 0 amide bonds. The van der Waals surface area contributed by atoms with E-state index in [4.69, 9.17) is 9.47 Å². The van der Waals surface area contributed by atoms with E-state index in [0.717, 1.165) is 24.5 Å². The first-order valence-electron chi connectivity index (χ1n) is 8.75. The smallest absolute Gasteiger partial charge is 0.125 e. The Morgan fingerprint density at radius 2 is 2.05 bits per heavy atom. The van der Waals surface area contributed by atoms with E-state index in [0.29, 0.717) is 12.6 Å². The predicted molar refractivity (Wildman–Crippen MR) is 91.8 cm³/mol. The van der Waals surface area contributed by atoms with Crippen LogP contribution in [-0.2, 0) is 0 Å². The van der Waals surface area contributed by atoms with Crippen molar-refractivity contribution in [2.45, 2.75) is 71.4 Å². The van der Waals surface area contributed by atoms with Crippen LogP contribution in [0.15, 0.2) is 18.2 Å². The van der Waals surface area contributed by atoms with Crippen molar-refractivity contribution in [1.29, 1.82) is 0 Å². The molecule has 3 heteroatoms. The van der Waals surface area contributed by atoms with Crippen molar-refractivity contribution in [3.05, 3.63) is 23.8 Å². The average Bonchev–Trinajstić information content (AvgIpc) is 2.47. The first-order chi connectivity index (χ1) is 10.6. The molecule has 1 atom stereocenters. The quantitative estimate of drug-likeness (QED) is 0.696. The van der Waals surface area contributed by atoms with Gasteiger partial charge in [-0.25, -0.2) is 0 Å². The van der Waals surface area contributed by atoms with E-state index < -0.39 is 0 Å². The molecule has 1 aliphatic rings. The summed E-state index contributed by atoms with van der Waals surface area (Å²) in [7, 11) is 0. The van der Waals surface area contributed by atoms with Crippen LogP contribution in [0.25, 0.3) is 0 Å². The second-order valence-electron chi connectivity index (χ2n) is 6.77. The molecule has 3 nitrogen and oxygen atoms in total. The standard InChI is InChI=1S/C19H31NO2/c1-5-7-8-9-12-20-17-14-19(3,4)22-18-11-10-15(21-6-2)13-16(17)18/h10-11,13,17,20H,5-9,12,14H2,1-4H3. The molecule has 0 aliphatic carbocycles. The molecule has 124 valence electrons. The maximum atomic E-state index is 6.13. The summed E-state index contributed by atoms with van der Waals surface area (Å²) in [5.74, 6) is 1.92. The fourth-order valence-corrected chi connectivity index (χ4v) is 3.10. The molecular formula is C19H31NO2. The molecule has 1 unspecified atom stereocenters. The lowest BCUT2D eigenvalue weighted by molar-refractivity contribution is 0.0658. The van der Waals surface area contributed by atoms with Gasteiger partial charge in [0.25, 0.3) is 0 Å². The van der Waals surface area contributed by atoms with Gasteiger partial charge < -0.3 is 14.8 Å². The van der Waals surface area contributed by atoms with Crippen LogP contribution in [0.2, 0.25) is 0 Å². The van der Waals surface area contributed by atoms with E-state index in [-0.39, 0.29) is 5.60 Å². The third kappa shape index (κ3) is 4.64. The number of ether oxygens (including phenoxy) is 2. The molecule has 0 aromatic heterocycles. The number of benzene rings is 1. The van der Waals surface area contributed by atoms with Crippen molar-refractivity contribution in [3.8, 4) is 11.5 Å². The Kier molecular flexibility index (Phi) is 6.13. The highest BCUT2D eigenvalue weighted by molar-refractivity contribution is 5.44. The van der Waals surface area contributed by atoms with E-state index in [1.807, 2.05) is 19.1 Å². The first kappa shape index (κ1) is 17.1. The lowest BCUT2D eigenvalue weighted by atomic mass is 9.89. The molecule has 1 aromatic carbocycles. The van der Waals surface area contributed by atoms with E-state index in [9.17, 15) is 0 Å². The van der Waals surface area contributed by atoms with Gasteiger partial charge in [-0.05, 0) is 51.9 Å². The minimum atomic E-state index is -0.124. The fourth-order valence-electron chi connectivity index (χ4n) is 3.10. The van der Waals surface area contributed by atoms with Crippen molar-refractivity contribution in [2.24, 2.45) is 0 Å². The zero-order valence-corrected chi connectivity index (χ0v) is 14.6. The summed E-state index contributed by atoms with van der Waals surface area (Å²) in [4.78, 5) is 0. The molecule has 1 aromatic rings. The molecule has 0 saturated heterocycles. The third-order valence-corrected chi connectivity index (χ3v) is 4.17.